The van der Waals surface area contributed by atoms with Gasteiger partial charge >= 0.3 is 5.97 Å². The molecule has 2 rings (SSSR count). The molecule has 2 aliphatic rings. The van der Waals surface area contributed by atoms with Gasteiger partial charge in [0.25, 0.3) is 0 Å². The normalized spacial score (nSPS) is 28.6. The molecule has 0 saturated carbocycles. The van der Waals surface area contributed by atoms with E-state index >= 15 is 0 Å². The summed E-state index contributed by atoms with van der Waals surface area (Å²) >= 11 is 0. The largest absolute Gasteiger partial charge is 0.454 e. The zero-order chi connectivity index (χ0) is 17.9. The highest BCUT2D eigenvalue weighted by atomic mass is 16.5. The summed E-state index contributed by atoms with van der Waals surface area (Å²) in [6.45, 7) is 7.45. The average molecular weight is 330 g/mol. The molecule has 0 bridgehead atoms. The number of allylic oxidation sites excluding steroid dienone is 3. The minimum Gasteiger partial charge on any atom is -0.454 e. The van der Waals surface area contributed by atoms with Crippen molar-refractivity contribution < 1.29 is 19.4 Å². The van der Waals surface area contributed by atoms with Crippen LogP contribution in [0.25, 0.3) is 0 Å². The number of aliphatic hydroxyl groups is 1. The quantitative estimate of drug-likeness (QED) is 0.619. The maximum absolute atomic E-state index is 12.0. The van der Waals surface area contributed by atoms with Gasteiger partial charge in [-0.3, -0.25) is 4.79 Å². The first kappa shape index (κ1) is 18.4. The first-order valence-electron chi connectivity index (χ1n) is 8.42. The highest BCUT2D eigenvalue weighted by Gasteiger charge is 2.30. The third-order valence-corrected chi connectivity index (χ3v) is 4.67. The Morgan fingerprint density at radius 1 is 1.29 bits per heavy atom. The van der Waals surface area contributed by atoms with Gasteiger partial charge in [-0.25, -0.2) is 4.79 Å². The molecule has 0 spiro atoms. The Morgan fingerprint density at radius 2 is 2.00 bits per heavy atom. The summed E-state index contributed by atoms with van der Waals surface area (Å²) in [5.74, 6) is -0.681. The molecule has 0 aromatic rings. The summed E-state index contributed by atoms with van der Waals surface area (Å²) in [6, 6.07) is 0. The fourth-order valence-corrected chi connectivity index (χ4v) is 3.00. The second-order valence-electron chi connectivity index (χ2n) is 6.75. The number of cyclic esters (lactones) is 1. The van der Waals surface area contributed by atoms with Gasteiger partial charge in [0.05, 0.1) is 12.0 Å². The van der Waals surface area contributed by atoms with Gasteiger partial charge in [-0.2, -0.15) is 0 Å². The first-order valence-corrected chi connectivity index (χ1v) is 8.42. The van der Waals surface area contributed by atoms with E-state index in [0.29, 0.717) is 11.1 Å². The van der Waals surface area contributed by atoms with Gasteiger partial charge in [-0.1, -0.05) is 23.8 Å². The number of carbonyl (C=O) groups excluding carboxylic acids is 2. The number of aliphatic hydroxyl groups excluding tert-OH is 1. The SMILES string of the molecule is CC1=CC[C@H](/C(C)=C/CC/C(C)=C/[C@@H]2C(=O)C(C)=C[C@@H]2O)OC1=O. The molecule has 0 aromatic carbocycles. The topological polar surface area (TPSA) is 63.6 Å². The van der Waals surface area contributed by atoms with Crippen LogP contribution in [-0.4, -0.2) is 29.1 Å². The van der Waals surface area contributed by atoms with Crippen LogP contribution >= 0.6 is 0 Å². The molecule has 4 heteroatoms. The predicted octanol–water partition coefficient (Wildman–Crippen LogP) is 3.43. The van der Waals surface area contributed by atoms with Crippen molar-refractivity contribution in [2.75, 3.05) is 0 Å². The van der Waals surface area contributed by atoms with Crippen LogP contribution in [0.1, 0.15) is 47.0 Å². The third kappa shape index (κ3) is 4.32. The molecular weight excluding hydrogens is 304 g/mol. The van der Waals surface area contributed by atoms with Gasteiger partial charge in [-0.05, 0) is 57.8 Å². The lowest BCUT2D eigenvalue weighted by atomic mass is 9.97. The van der Waals surface area contributed by atoms with Crippen molar-refractivity contribution in [2.24, 2.45) is 5.92 Å². The van der Waals surface area contributed by atoms with E-state index in [9.17, 15) is 14.7 Å². The molecule has 1 N–H and O–H groups in total. The summed E-state index contributed by atoms with van der Waals surface area (Å²) in [5.41, 5.74) is 3.43. The minimum absolute atomic E-state index is 0.00449. The summed E-state index contributed by atoms with van der Waals surface area (Å²) in [7, 11) is 0. The summed E-state index contributed by atoms with van der Waals surface area (Å²) in [6.07, 6.45) is 8.96. The van der Waals surface area contributed by atoms with Gasteiger partial charge in [0, 0.05) is 12.0 Å². The van der Waals surface area contributed by atoms with E-state index in [4.69, 9.17) is 4.74 Å². The van der Waals surface area contributed by atoms with Crippen molar-refractivity contribution in [2.45, 2.75) is 59.2 Å². The van der Waals surface area contributed by atoms with Crippen LogP contribution in [0.3, 0.4) is 0 Å². The van der Waals surface area contributed by atoms with Gasteiger partial charge in [0.1, 0.15) is 6.10 Å². The Balaban J connectivity index is 1.88. The molecule has 0 radical (unpaired) electrons. The number of Topliss-reactive ketones (excluding diaryl/α,β-unsaturated/α-hetero) is 1. The molecule has 1 aliphatic carbocycles. The van der Waals surface area contributed by atoms with Gasteiger partial charge in [0.2, 0.25) is 0 Å². The van der Waals surface area contributed by atoms with Crippen molar-refractivity contribution in [3.8, 4) is 0 Å². The Labute approximate surface area is 143 Å². The van der Waals surface area contributed by atoms with Crippen molar-refractivity contribution in [3.63, 3.8) is 0 Å². The third-order valence-electron chi connectivity index (χ3n) is 4.67. The molecule has 0 unspecified atom stereocenters. The number of hydrogen-bond donors (Lipinski definition) is 1. The molecule has 0 amide bonds. The molecule has 1 aliphatic heterocycles. The summed E-state index contributed by atoms with van der Waals surface area (Å²) < 4.78 is 5.39. The van der Waals surface area contributed by atoms with Gasteiger partial charge in [-0.15, -0.1) is 0 Å². The van der Waals surface area contributed by atoms with Crippen LogP contribution in [0.2, 0.25) is 0 Å². The van der Waals surface area contributed by atoms with Crippen LogP contribution in [-0.2, 0) is 14.3 Å². The zero-order valence-electron chi connectivity index (χ0n) is 14.8. The molecular formula is C20H26O4. The molecule has 0 aromatic heterocycles. The Morgan fingerprint density at radius 3 is 2.58 bits per heavy atom. The summed E-state index contributed by atoms with van der Waals surface area (Å²) in [5, 5.41) is 9.90. The van der Waals surface area contributed by atoms with E-state index in [1.807, 2.05) is 26.0 Å². The highest BCUT2D eigenvalue weighted by molar-refractivity contribution is 6.01. The number of rotatable bonds is 5. The molecule has 130 valence electrons. The lowest BCUT2D eigenvalue weighted by molar-refractivity contribution is -0.143. The zero-order valence-corrected chi connectivity index (χ0v) is 14.8. The number of hydrogen-bond acceptors (Lipinski definition) is 4. The second kappa shape index (κ2) is 7.75. The van der Waals surface area contributed by atoms with E-state index in [-0.39, 0.29) is 17.9 Å². The molecule has 3 atom stereocenters. The van der Waals surface area contributed by atoms with Crippen LogP contribution in [0.15, 0.2) is 46.6 Å². The highest BCUT2D eigenvalue weighted by Crippen LogP contribution is 2.25. The predicted molar refractivity (Wildman–Crippen MR) is 93.3 cm³/mol. The van der Waals surface area contributed by atoms with Crippen molar-refractivity contribution in [1.82, 2.24) is 0 Å². The fraction of sp³-hybridized carbons (Fsp3) is 0.500. The molecule has 4 nitrogen and oxygen atoms in total. The number of ketones is 1. The molecule has 0 saturated heterocycles. The van der Waals surface area contributed by atoms with Gasteiger partial charge in [0.15, 0.2) is 5.78 Å². The molecule has 24 heavy (non-hydrogen) atoms. The average Bonchev–Trinajstić information content (AvgIpc) is 2.76. The van der Waals surface area contributed by atoms with E-state index in [2.05, 4.69) is 6.08 Å². The molecule has 0 fully saturated rings. The number of esters is 1. The maximum Gasteiger partial charge on any atom is 0.333 e. The Kier molecular flexibility index (Phi) is 5.94. The monoisotopic (exact) mass is 330 g/mol. The van der Waals surface area contributed by atoms with Crippen LogP contribution in [0, 0.1) is 5.92 Å². The lowest BCUT2D eigenvalue weighted by Crippen LogP contribution is -2.23. The maximum atomic E-state index is 12.0. The first-order chi connectivity index (χ1) is 11.3. The van der Waals surface area contributed by atoms with Crippen molar-refractivity contribution in [3.05, 3.63) is 46.6 Å². The smallest absolute Gasteiger partial charge is 0.333 e. The van der Waals surface area contributed by atoms with Crippen LogP contribution in [0.4, 0.5) is 0 Å². The van der Waals surface area contributed by atoms with Crippen LogP contribution in [0.5, 0.6) is 0 Å². The van der Waals surface area contributed by atoms with E-state index in [1.54, 1.807) is 19.9 Å². The summed E-state index contributed by atoms with van der Waals surface area (Å²) in [4.78, 5) is 23.5. The fourth-order valence-electron chi connectivity index (χ4n) is 3.00. The van der Waals surface area contributed by atoms with E-state index in [1.165, 1.54) is 0 Å². The molecule has 1 heterocycles. The van der Waals surface area contributed by atoms with E-state index < -0.39 is 12.0 Å². The Bertz CT molecular complexity index is 649. The van der Waals surface area contributed by atoms with Crippen molar-refractivity contribution >= 4 is 11.8 Å². The van der Waals surface area contributed by atoms with E-state index in [0.717, 1.165) is 30.4 Å². The van der Waals surface area contributed by atoms with Crippen LogP contribution < -0.4 is 0 Å². The minimum atomic E-state index is -0.707. The second-order valence-corrected chi connectivity index (χ2v) is 6.75. The lowest BCUT2D eigenvalue weighted by Gasteiger charge is -2.21. The number of carbonyl (C=O) groups is 2. The number of ether oxygens (including phenoxy) is 1. The standard InChI is InChI=1S/C20H26O4/c1-12(10-16-17(21)11-15(4)19(16)22)6-5-7-13(2)18-9-8-14(3)20(23)24-18/h7-8,10-11,16-18,21H,5-6,9H2,1-4H3/b12-10+,13-7+/t16-,17-,18+/m0/s1. The van der Waals surface area contributed by atoms with Gasteiger partial charge < -0.3 is 9.84 Å². The Hall–Kier alpha value is -1.94. The van der Waals surface area contributed by atoms with Crippen molar-refractivity contribution in [1.29, 1.82) is 0 Å².